The summed E-state index contributed by atoms with van der Waals surface area (Å²) in [5, 5.41) is 8.65. The van der Waals surface area contributed by atoms with Crippen LogP contribution in [0.5, 0.6) is 0 Å². The van der Waals surface area contributed by atoms with Gasteiger partial charge in [0.1, 0.15) is 4.88 Å². The molecule has 1 aromatic heterocycles. The van der Waals surface area contributed by atoms with Gasteiger partial charge in [-0.25, -0.2) is 4.79 Å². The van der Waals surface area contributed by atoms with Gasteiger partial charge in [-0.05, 0) is 48.6 Å². The fraction of sp³-hybridized carbons (Fsp3) is 0.0588. The van der Waals surface area contributed by atoms with Crippen LogP contribution in [0.1, 0.15) is 9.67 Å². The smallest absolute Gasteiger partial charge is 0.349 e. The topological polar surface area (TPSA) is 50.4 Å². The average Bonchev–Trinajstić information content (AvgIpc) is 2.89. The molecular weight excluding hydrogens is 435 g/mol. The van der Waals surface area contributed by atoms with Crippen molar-refractivity contribution >= 4 is 90.9 Å². The molecule has 0 atom stereocenters. The summed E-state index contributed by atoms with van der Waals surface area (Å²) >= 11 is 24.8. The molecule has 0 aliphatic carbocycles. The number of halogens is 3. The number of thiophene rings is 1. The molecule has 3 rings (SSSR count). The molecule has 134 valence electrons. The van der Waals surface area contributed by atoms with Crippen molar-refractivity contribution in [3.63, 3.8) is 0 Å². The van der Waals surface area contributed by atoms with Gasteiger partial charge in [0.05, 0.1) is 12.1 Å². The van der Waals surface area contributed by atoms with E-state index in [0.29, 0.717) is 30.7 Å². The molecule has 3 aromatic rings. The van der Waals surface area contributed by atoms with Crippen LogP contribution in [0.15, 0.2) is 36.4 Å². The van der Waals surface area contributed by atoms with Gasteiger partial charge in [0.15, 0.2) is 5.11 Å². The van der Waals surface area contributed by atoms with Gasteiger partial charge in [0.2, 0.25) is 0 Å². The fourth-order valence-corrected chi connectivity index (χ4v) is 4.51. The molecule has 0 unspecified atom stereocenters. The van der Waals surface area contributed by atoms with Crippen LogP contribution in [0.4, 0.5) is 11.4 Å². The van der Waals surface area contributed by atoms with E-state index >= 15 is 0 Å². The molecule has 0 aliphatic rings. The lowest BCUT2D eigenvalue weighted by molar-refractivity contribution is 0.0606. The number of nitrogens with one attached hydrogen (secondary N) is 2. The standard InChI is InChI=1S/C17H11Cl3N2O2S2/c1-24-16(23)15-14(20)12-3-2-10(7-13(12)26-15)21-17(25)22-11-5-8(18)4-9(19)6-11/h2-7H,1H3,(H2,21,22,25). The van der Waals surface area contributed by atoms with E-state index in [9.17, 15) is 4.79 Å². The molecule has 4 nitrogen and oxygen atoms in total. The summed E-state index contributed by atoms with van der Waals surface area (Å²) in [7, 11) is 1.32. The van der Waals surface area contributed by atoms with Crippen molar-refractivity contribution in [2.75, 3.05) is 17.7 Å². The van der Waals surface area contributed by atoms with E-state index in [1.165, 1.54) is 18.4 Å². The summed E-state index contributed by atoms with van der Waals surface area (Å²) in [5.74, 6) is -0.458. The predicted molar refractivity (Wildman–Crippen MR) is 114 cm³/mol. The third-order valence-corrected chi connectivity index (χ3v) is 5.66. The van der Waals surface area contributed by atoms with Crippen LogP contribution in [-0.2, 0) is 4.74 Å². The Morgan fingerprint density at radius 2 is 1.69 bits per heavy atom. The zero-order valence-corrected chi connectivity index (χ0v) is 17.1. The van der Waals surface area contributed by atoms with Gasteiger partial charge >= 0.3 is 5.97 Å². The van der Waals surface area contributed by atoms with Gasteiger partial charge < -0.3 is 15.4 Å². The van der Waals surface area contributed by atoms with E-state index in [1.54, 1.807) is 18.2 Å². The molecule has 0 spiro atoms. The second-order valence-electron chi connectivity index (χ2n) is 5.18. The second-order valence-corrected chi connectivity index (χ2v) is 7.90. The first-order chi connectivity index (χ1) is 12.4. The Kier molecular flexibility index (Phi) is 5.89. The van der Waals surface area contributed by atoms with E-state index in [4.69, 9.17) is 51.8 Å². The first-order valence-electron chi connectivity index (χ1n) is 7.22. The number of ether oxygens (including phenoxy) is 1. The quantitative estimate of drug-likeness (QED) is 0.358. The van der Waals surface area contributed by atoms with Crippen molar-refractivity contribution in [1.82, 2.24) is 0 Å². The molecule has 2 N–H and O–H groups in total. The van der Waals surface area contributed by atoms with Crippen molar-refractivity contribution in [3.05, 3.63) is 56.3 Å². The lowest BCUT2D eigenvalue weighted by Gasteiger charge is -2.11. The fourth-order valence-electron chi connectivity index (χ4n) is 2.29. The van der Waals surface area contributed by atoms with Crippen LogP contribution < -0.4 is 10.6 Å². The number of rotatable bonds is 3. The van der Waals surface area contributed by atoms with Gasteiger partial charge in [0, 0.05) is 31.5 Å². The molecule has 0 bridgehead atoms. The Bertz CT molecular complexity index is 1000. The van der Waals surface area contributed by atoms with Gasteiger partial charge in [-0.3, -0.25) is 0 Å². The van der Waals surface area contributed by atoms with Crippen LogP contribution in [0.25, 0.3) is 10.1 Å². The molecular formula is C17H11Cl3N2O2S2. The van der Waals surface area contributed by atoms with Gasteiger partial charge in [-0.1, -0.05) is 34.8 Å². The molecule has 0 amide bonds. The predicted octanol–water partition coefficient (Wildman–Crippen LogP) is 6.46. The maximum atomic E-state index is 11.8. The highest BCUT2D eigenvalue weighted by molar-refractivity contribution is 7.80. The first kappa shape index (κ1) is 19.2. The molecule has 0 saturated heterocycles. The van der Waals surface area contributed by atoms with Gasteiger partial charge in [-0.15, -0.1) is 11.3 Å². The zero-order chi connectivity index (χ0) is 18.8. The molecule has 0 fully saturated rings. The van der Waals surface area contributed by atoms with Crippen LogP contribution in [0, 0.1) is 0 Å². The van der Waals surface area contributed by atoms with E-state index in [0.717, 1.165) is 15.8 Å². The Labute approximate surface area is 174 Å². The first-order valence-corrected chi connectivity index (χ1v) is 9.57. The number of thiocarbonyl (C=S) groups is 1. The minimum Gasteiger partial charge on any atom is -0.465 e. The summed E-state index contributed by atoms with van der Waals surface area (Å²) in [6, 6.07) is 10.6. The summed E-state index contributed by atoms with van der Waals surface area (Å²) in [5.41, 5.74) is 1.42. The number of esters is 1. The number of fused-ring (bicyclic) bond motifs is 1. The Morgan fingerprint density at radius 3 is 2.35 bits per heavy atom. The monoisotopic (exact) mass is 444 g/mol. The number of anilines is 2. The van der Waals surface area contributed by atoms with Crippen molar-refractivity contribution in [3.8, 4) is 0 Å². The number of carbonyl (C=O) groups excluding carboxylic acids is 1. The van der Waals surface area contributed by atoms with Gasteiger partial charge in [0.25, 0.3) is 0 Å². The zero-order valence-electron chi connectivity index (χ0n) is 13.2. The molecule has 0 aliphatic heterocycles. The molecule has 9 heteroatoms. The highest BCUT2D eigenvalue weighted by Gasteiger charge is 2.17. The minimum absolute atomic E-state index is 0.371. The summed E-state index contributed by atoms with van der Waals surface area (Å²) in [6.07, 6.45) is 0. The SMILES string of the molecule is COC(=O)c1sc2cc(NC(=S)Nc3cc(Cl)cc(Cl)c3)ccc2c1Cl. The van der Waals surface area contributed by atoms with Crippen LogP contribution in [-0.4, -0.2) is 18.2 Å². The number of methoxy groups -OCH3 is 1. The van der Waals surface area contributed by atoms with E-state index in [-0.39, 0.29) is 0 Å². The highest BCUT2D eigenvalue weighted by Crippen LogP contribution is 2.37. The van der Waals surface area contributed by atoms with E-state index < -0.39 is 5.97 Å². The number of carbonyl (C=O) groups is 1. The third-order valence-electron chi connectivity index (χ3n) is 3.38. The number of hydrogen-bond donors (Lipinski definition) is 2. The molecule has 0 saturated carbocycles. The lowest BCUT2D eigenvalue weighted by Crippen LogP contribution is -2.18. The van der Waals surface area contributed by atoms with Crippen LogP contribution >= 0.6 is 58.4 Å². The molecule has 26 heavy (non-hydrogen) atoms. The van der Waals surface area contributed by atoms with Crippen LogP contribution in [0.3, 0.4) is 0 Å². The van der Waals surface area contributed by atoms with Crippen molar-refractivity contribution in [2.24, 2.45) is 0 Å². The highest BCUT2D eigenvalue weighted by atomic mass is 35.5. The Morgan fingerprint density at radius 1 is 1.04 bits per heavy atom. The Hall–Kier alpha value is -1.57. The van der Waals surface area contributed by atoms with Crippen molar-refractivity contribution in [1.29, 1.82) is 0 Å². The Balaban J connectivity index is 1.80. The minimum atomic E-state index is -0.458. The average molecular weight is 446 g/mol. The summed E-state index contributed by atoms with van der Waals surface area (Å²) in [6.45, 7) is 0. The maximum absolute atomic E-state index is 11.8. The number of benzene rings is 2. The summed E-state index contributed by atoms with van der Waals surface area (Å²) in [4.78, 5) is 12.1. The van der Waals surface area contributed by atoms with Crippen LogP contribution in [0.2, 0.25) is 15.1 Å². The number of hydrogen-bond acceptors (Lipinski definition) is 4. The van der Waals surface area contributed by atoms with E-state index in [1.807, 2.05) is 18.2 Å². The normalized spacial score (nSPS) is 10.6. The molecule has 0 radical (unpaired) electrons. The largest absolute Gasteiger partial charge is 0.465 e. The second kappa shape index (κ2) is 7.98. The van der Waals surface area contributed by atoms with Crippen molar-refractivity contribution < 1.29 is 9.53 Å². The maximum Gasteiger partial charge on any atom is 0.349 e. The molecule has 1 heterocycles. The van der Waals surface area contributed by atoms with Gasteiger partial charge in [-0.2, -0.15) is 0 Å². The lowest BCUT2D eigenvalue weighted by atomic mass is 10.2. The molecule has 2 aromatic carbocycles. The third kappa shape index (κ3) is 4.22. The summed E-state index contributed by atoms with van der Waals surface area (Å²) < 4.78 is 5.59. The van der Waals surface area contributed by atoms with Crippen molar-refractivity contribution in [2.45, 2.75) is 0 Å². The van der Waals surface area contributed by atoms with E-state index in [2.05, 4.69) is 10.6 Å².